The molecule has 0 bridgehead atoms. The third kappa shape index (κ3) is 6.23. The van der Waals surface area contributed by atoms with Crippen molar-refractivity contribution in [1.82, 2.24) is 10.6 Å². The Labute approximate surface area is 132 Å². The third-order valence-corrected chi connectivity index (χ3v) is 2.95. The average molecular weight is 317 g/mol. The van der Waals surface area contributed by atoms with Crippen LogP contribution < -0.4 is 20.1 Å². The second-order valence-electron chi connectivity index (χ2n) is 4.59. The monoisotopic (exact) mass is 316 g/mol. The molecular weight excluding hydrogens is 292 g/mol. The van der Waals surface area contributed by atoms with Crippen molar-refractivity contribution >= 4 is 18.3 Å². The van der Waals surface area contributed by atoms with Crippen LogP contribution >= 0.6 is 12.4 Å². The fraction of sp³-hybridized carbons (Fsp3) is 0.533. The molecule has 0 fully saturated rings. The Bertz CT molecular complexity index is 441. The SMILES string of the molecule is CCOc1ccc(CNC(=O)C(C)CNC)cc1OC.Cl. The normalized spacial score (nSPS) is 11.2. The van der Waals surface area contributed by atoms with Crippen molar-refractivity contribution in [3.05, 3.63) is 23.8 Å². The number of hydrogen-bond acceptors (Lipinski definition) is 4. The van der Waals surface area contributed by atoms with E-state index in [1.807, 2.05) is 39.1 Å². The lowest BCUT2D eigenvalue weighted by atomic mass is 10.1. The Morgan fingerprint density at radius 3 is 2.62 bits per heavy atom. The molecule has 0 aliphatic carbocycles. The van der Waals surface area contributed by atoms with Gasteiger partial charge in [0, 0.05) is 19.0 Å². The molecule has 0 aliphatic rings. The Morgan fingerprint density at radius 2 is 2.05 bits per heavy atom. The van der Waals surface area contributed by atoms with E-state index in [4.69, 9.17) is 9.47 Å². The highest BCUT2D eigenvalue weighted by atomic mass is 35.5. The van der Waals surface area contributed by atoms with Gasteiger partial charge in [-0.1, -0.05) is 13.0 Å². The number of ether oxygens (including phenoxy) is 2. The van der Waals surface area contributed by atoms with Crippen LogP contribution in [0.5, 0.6) is 11.5 Å². The molecule has 1 aromatic carbocycles. The molecule has 2 N–H and O–H groups in total. The van der Waals surface area contributed by atoms with Gasteiger partial charge in [-0.25, -0.2) is 0 Å². The molecule has 0 spiro atoms. The Morgan fingerprint density at radius 1 is 1.33 bits per heavy atom. The van der Waals surface area contributed by atoms with Crippen LogP contribution in [0.25, 0.3) is 0 Å². The van der Waals surface area contributed by atoms with Gasteiger partial charge in [0.25, 0.3) is 0 Å². The van der Waals surface area contributed by atoms with Crippen molar-refractivity contribution in [2.45, 2.75) is 20.4 Å². The Kier molecular flexibility index (Phi) is 9.58. The molecule has 6 heteroatoms. The zero-order valence-corrected chi connectivity index (χ0v) is 13.9. The van der Waals surface area contributed by atoms with Crippen LogP contribution in [-0.4, -0.2) is 33.2 Å². The number of carbonyl (C=O) groups is 1. The van der Waals surface area contributed by atoms with E-state index in [0.717, 1.165) is 5.56 Å². The highest BCUT2D eigenvalue weighted by Crippen LogP contribution is 2.27. The zero-order chi connectivity index (χ0) is 15.0. The minimum Gasteiger partial charge on any atom is -0.493 e. The van der Waals surface area contributed by atoms with Crippen molar-refractivity contribution in [3.8, 4) is 11.5 Å². The van der Waals surface area contributed by atoms with Crippen molar-refractivity contribution in [1.29, 1.82) is 0 Å². The molecule has 1 rings (SSSR count). The molecular formula is C15H25ClN2O3. The van der Waals surface area contributed by atoms with E-state index in [1.165, 1.54) is 0 Å². The van der Waals surface area contributed by atoms with Crippen LogP contribution in [0.4, 0.5) is 0 Å². The maximum Gasteiger partial charge on any atom is 0.224 e. The standard InChI is InChI=1S/C15H24N2O3.ClH/c1-5-20-13-7-6-12(8-14(13)19-4)10-17-15(18)11(2)9-16-3;/h6-8,11,16H,5,9-10H2,1-4H3,(H,17,18);1H. The summed E-state index contributed by atoms with van der Waals surface area (Å²) in [7, 11) is 3.44. The Hall–Kier alpha value is -1.46. The van der Waals surface area contributed by atoms with Gasteiger partial charge in [0.15, 0.2) is 11.5 Å². The number of nitrogens with one attached hydrogen (secondary N) is 2. The lowest BCUT2D eigenvalue weighted by molar-refractivity contribution is -0.124. The molecule has 5 nitrogen and oxygen atoms in total. The molecule has 120 valence electrons. The van der Waals surface area contributed by atoms with Crippen molar-refractivity contribution in [2.75, 3.05) is 27.3 Å². The quantitative estimate of drug-likeness (QED) is 0.770. The van der Waals surface area contributed by atoms with Crippen LogP contribution in [0.3, 0.4) is 0 Å². The maximum absolute atomic E-state index is 11.8. The second-order valence-corrected chi connectivity index (χ2v) is 4.59. The van der Waals surface area contributed by atoms with E-state index in [2.05, 4.69) is 10.6 Å². The molecule has 0 saturated heterocycles. The fourth-order valence-corrected chi connectivity index (χ4v) is 1.86. The average Bonchev–Trinajstić information content (AvgIpc) is 2.46. The molecule has 1 unspecified atom stereocenters. The number of carbonyl (C=O) groups excluding carboxylic acids is 1. The first-order valence-corrected chi connectivity index (χ1v) is 6.84. The second kappa shape index (κ2) is 10.3. The topological polar surface area (TPSA) is 59.6 Å². The van der Waals surface area contributed by atoms with Crippen LogP contribution in [0, 0.1) is 5.92 Å². The summed E-state index contributed by atoms with van der Waals surface area (Å²) in [6, 6.07) is 5.67. The minimum atomic E-state index is -0.0513. The number of amides is 1. The summed E-state index contributed by atoms with van der Waals surface area (Å²) in [6.07, 6.45) is 0. The predicted molar refractivity (Wildman–Crippen MR) is 86.3 cm³/mol. The Balaban J connectivity index is 0.00000400. The van der Waals surface area contributed by atoms with E-state index in [0.29, 0.717) is 31.2 Å². The summed E-state index contributed by atoms with van der Waals surface area (Å²) >= 11 is 0. The summed E-state index contributed by atoms with van der Waals surface area (Å²) in [4.78, 5) is 11.8. The van der Waals surface area contributed by atoms with Crippen LogP contribution in [-0.2, 0) is 11.3 Å². The first-order chi connectivity index (χ1) is 9.62. The molecule has 1 amide bonds. The summed E-state index contributed by atoms with van der Waals surface area (Å²) in [5.74, 6) is 1.38. The number of rotatable bonds is 8. The fourth-order valence-electron chi connectivity index (χ4n) is 1.86. The first kappa shape index (κ1) is 19.5. The van der Waals surface area contributed by atoms with Gasteiger partial charge in [-0.05, 0) is 31.7 Å². The third-order valence-electron chi connectivity index (χ3n) is 2.95. The maximum atomic E-state index is 11.8. The smallest absolute Gasteiger partial charge is 0.224 e. The molecule has 0 saturated carbocycles. The predicted octanol–water partition coefficient (Wildman–Crippen LogP) is 1.99. The largest absolute Gasteiger partial charge is 0.493 e. The lowest BCUT2D eigenvalue weighted by Gasteiger charge is -2.13. The summed E-state index contributed by atoms with van der Waals surface area (Å²) in [6.45, 7) is 5.56. The molecule has 0 aliphatic heterocycles. The van der Waals surface area contributed by atoms with E-state index >= 15 is 0 Å². The van der Waals surface area contributed by atoms with E-state index in [-0.39, 0.29) is 24.2 Å². The lowest BCUT2D eigenvalue weighted by Crippen LogP contribution is -2.33. The van der Waals surface area contributed by atoms with E-state index < -0.39 is 0 Å². The highest BCUT2D eigenvalue weighted by molar-refractivity contribution is 5.85. The first-order valence-electron chi connectivity index (χ1n) is 6.84. The van der Waals surface area contributed by atoms with Crippen LogP contribution in [0.2, 0.25) is 0 Å². The summed E-state index contributed by atoms with van der Waals surface area (Å²) < 4.78 is 10.7. The zero-order valence-electron chi connectivity index (χ0n) is 13.1. The van der Waals surface area contributed by atoms with E-state index in [1.54, 1.807) is 7.11 Å². The van der Waals surface area contributed by atoms with E-state index in [9.17, 15) is 4.79 Å². The van der Waals surface area contributed by atoms with Gasteiger partial charge in [-0.15, -0.1) is 12.4 Å². The van der Waals surface area contributed by atoms with Crippen LogP contribution in [0.15, 0.2) is 18.2 Å². The van der Waals surface area contributed by atoms with Crippen molar-refractivity contribution in [2.24, 2.45) is 5.92 Å². The molecule has 0 aromatic heterocycles. The van der Waals surface area contributed by atoms with Gasteiger partial charge in [-0.3, -0.25) is 4.79 Å². The van der Waals surface area contributed by atoms with Crippen molar-refractivity contribution in [3.63, 3.8) is 0 Å². The molecule has 0 heterocycles. The van der Waals surface area contributed by atoms with Crippen LogP contribution in [0.1, 0.15) is 19.4 Å². The summed E-state index contributed by atoms with van der Waals surface area (Å²) in [5.41, 5.74) is 0.982. The molecule has 1 atom stereocenters. The van der Waals surface area contributed by atoms with Gasteiger partial charge in [0.05, 0.1) is 13.7 Å². The highest BCUT2D eigenvalue weighted by Gasteiger charge is 2.12. The van der Waals surface area contributed by atoms with Crippen molar-refractivity contribution < 1.29 is 14.3 Å². The molecule has 0 radical (unpaired) electrons. The van der Waals surface area contributed by atoms with Gasteiger partial charge < -0.3 is 20.1 Å². The van der Waals surface area contributed by atoms with Gasteiger partial charge in [-0.2, -0.15) is 0 Å². The summed E-state index contributed by atoms with van der Waals surface area (Å²) in [5, 5.41) is 5.90. The van der Waals surface area contributed by atoms with Gasteiger partial charge >= 0.3 is 0 Å². The number of methoxy groups -OCH3 is 1. The number of benzene rings is 1. The molecule has 21 heavy (non-hydrogen) atoms. The van der Waals surface area contributed by atoms with Gasteiger partial charge in [0.2, 0.25) is 5.91 Å². The molecule has 1 aromatic rings. The van der Waals surface area contributed by atoms with Gasteiger partial charge in [0.1, 0.15) is 0 Å². The minimum absolute atomic E-state index is 0. The number of hydrogen-bond donors (Lipinski definition) is 2. The number of halogens is 1.